The molecule has 0 aliphatic carbocycles. The average molecular weight is 282 g/mol. The molecule has 1 aliphatic rings. The van der Waals surface area contributed by atoms with Crippen molar-refractivity contribution in [2.45, 2.75) is 18.8 Å². The summed E-state index contributed by atoms with van der Waals surface area (Å²) < 4.78 is 0. The number of hydrogen-bond acceptors (Lipinski definition) is 3. The van der Waals surface area contributed by atoms with Gasteiger partial charge in [-0.3, -0.25) is 20.2 Å². The van der Waals surface area contributed by atoms with Gasteiger partial charge in [-0.1, -0.05) is 49.4 Å². The normalized spacial score (nSPS) is 17.5. The number of imide groups is 2. The summed E-state index contributed by atoms with van der Waals surface area (Å²) in [6.45, 7) is 1.76. The fraction of sp³-hybridized carbons (Fsp3) is 0.188. The quantitative estimate of drug-likeness (QED) is 0.825. The topological polar surface area (TPSA) is 75.3 Å². The monoisotopic (exact) mass is 282 g/mol. The number of fused-ring (bicyclic) bond motifs is 1. The van der Waals surface area contributed by atoms with Crippen LogP contribution in [0.4, 0.5) is 4.79 Å². The fourth-order valence-electron chi connectivity index (χ4n) is 2.91. The summed E-state index contributed by atoms with van der Waals surface area (Å²) >= 11 is 0. The van der Waals surface area contributed by atoms with Gasteiger partial charge in [0.1, 0.15) is 0 Å². The highest BCUT2D eigenvalue weighted by molar-refractivity contribution is 6.24. The second kappa shape index (κ2) is 4.70. The van der Waals surface area contributed by atoms with Crippen LogP contribution in [0.15, 0.2) is 42.5 Å². The molecule has 1 fully saturated rings. The number of carbonyl (C=O) groups is 3. The molecule has 0 bridgehead atoms. The maximum atomic E-state index is 12.4. The molecule has 5 nitrogen and oxygen atoms in total. The zero-order valence-electron chi connectivity index (χ0n) is 11.5. The predicted octanol–water partition coefficient (Wildman–Crippen LogP) is 1.85. The largest absolute Gasteiger partial charge is 0.328 e. The predicted molar refractivity (Wildman–Crippen MR) is 77.6 cm³/mol. The van der Waals surface area contributed by atoms with Gasteiger partial charge >= 0.3 is 6.03 Å². The summed E-state index contributed by atoms with van der Waals surface area (Å²) in [5.74, 6) is -1.15. The molecule has 0 saturated carbocycles. The third-order valence-corrected chi connectivity index (χ3v) is 4.01. The summed E-state index contributed by atoms with van der Waals surface area (Å²) in [4.78, 5) is 36.2. The van der Waals surface area contributed by atoms with E-state index in [0.29, 0.717) is 5.56 Å². The van der Waals surface area contributed by atoms with Crippen LogP contribution >= 0.6 is 0 Å². The Morgan fingerprint density at radius 1 is 0.905 bits per heavy atom. The van der Waals surface area contributed by atoms with Gasteiger partial charge in [0.2, 0.25) is 11.8 Å². The maximum Gasteiger partial charge on any atom is 0.328 e. The minimum Gasteiger partial charge on any atom is -0.277 e. The van der Waals surface area contributed by atoms with E-state index < -0.39 is 23.3 Å². The SMILES string of the molecule is CCC1(c2cccc3ccccc23)C(=O)NC(=O)NC1=O. The van der Waals surface area contributed by atoms with E-state index in [0.717, 1.165) is 10.8 Å². The van der Waals surface area contributed by atoms with Gasteiger partial charge in [0.25, 0.3) is 0 Å². The molecule has 2 N–H and O–H groups in total. The highest BCUT2D eigenvalue weighted by atomic mass is 16.2. The summed E-state index contributed by atoms with van der Waals surface area (Å²) in [5.41, 5.74) is -0.764. The third kappa shape index (κ3) is 1.81. The van der Waals surface area contributed by atoms with E-state index in [1.165, 1.54) is 0 Å². The van der Waals surface area contributed by atoms with Crippen molar-refractivity contribution in [1.82, 2.24) is 10.6 Å². The van der Waals surface area contributed by atoms with E-state index in [-0.39, 0.29) is 6.42 Å². The molecule has 3 rings (SSSR count). The minimum atomic E-state index is -1.38. The zero-order valence-corrected chi connectivity index (χ0v) is 11.5. The van der Waals surface area contributed by atoms with E-state index in [4.69, 9.17) is 0 Å². The number of hydrogen-bond donors (Lipinski definition) is 2. The molecule has 21 heavy (non-hydrogen) atoms. The molecule has 5 heteroatoms. The van der Waals surface area contributed by atoms with Gasteiger partial charge in [0, 0.05) is 0 Å². The first-order valence-electron chi connectivity index (χ1n) is 6.74. The number of rotatable bonds is 2. The summed E-state index contributed by atoms with van der Waals surface area (Å²) in [6.07, 6.45) is 0.270. The molecule has 2 aromatic rings. The Labute approximate surface area is 121 Å². The second-order valence-corrected chi connectivity index (χ2v) is 5.02. The first-order chi connectivity index (χ1) is 10.1. The highest BCUT2D eigenvalue weighted by Crippen LogP contribution is 2.35. The number of nitrogens with one attached hydrogen (secondary N) is 2. The maximum absolute atomic E-state index is 12.4. The minimum absolute atomic E-state index is 0.270. The molecule has 0 atom stereocenters. The molecule has 1 aliphatic heterocycles. The number of barbiturate groups is 1. The number of carbonyl (C=O) groups excluding carboxylic acids is 3. The van der Waals surface area contributed by atoms with Crippen LogP contribution in [0.2, 0.25) is 0 Å². The molecule has 1 saturated heterocycles. The van der Waals surface area contributed by atoms with Gasteiger partial charge in [-0.2, -0.15) is 0 Å². The van der Waals surface area contributed by atoms with Crippen molar-refractivity contribution in [2.24, 2.45) is 0 Å². The Balaban J connectivity index is 2.29. The standard InChI is InChI=1S/C16H14N2O3/c1-2-16(13(19)17-15(21)18-14(16)20)12-9-5-7-10-6-3-4-8-11(10)12/h3-9H,2H2,1H3,(H2,17,18,19,20,21). The van der Waals surface area contributed by atoms with Crippen LogP contribution in [0.5, 0.6) is 0 Å². The van der Waals surface area contributed by atoms with Crippen molar-refractivity contribution in [3.05, 3.63) is 48.0 Å². The van der Waals surface area contributed by atoms with Crippen LogP contribution in [0.3, 0.4) is 0 Å². The van der Waals surface area contributed by atoms with Crippen LogP contribution in [-0.2, 0) is 15.0 Å². The number of benzene rings is 2. The highest BCUT2D eigenvalue weighted by Gasteiger charge is 2.50. The van der Waals surface area contributed by atoms with Crippen molar-refractivity contribution in [3.63, 3.8) is 0 Å². The third-order valence-electron chi connectivity index (χ3n) is 4.01. The van der Waals surface area contributed by atoms with Crippen molar-refractivity contribution in [1.29, 1.82) is 0 Å². The van der Waals surface area contributed by atoms with Crippen LogP contribution < -0.4 is 10.6 Å². The Morgan fingerprint density at radius 3 is 2.19 bits per heavy atom. The first-order valence-corrected chi connectivity index (χ1v) is 6.74. The second-order valence-electron chi connectivity index (χ2n) is 5.02. The molecule has 2 aromatic carbocycles. The van der Waals surface area contributed by atoms with Crippen molar-refractivity contribution >= 4 is 28.6 Å². The lowest BCUT2D eigenvalue weighted by molar-refractivity contribution is -0.138. The lowest BCUT2D eigenvalue weighted by Gasteiger charge is -2.34. The van der Waals surface area contributed by atoms with E-state index >= 15 is 0 Å². The molecule has 4 amide bonds. The van der Waals surface area contributed by atoms with Crippen LogP contribution in [0, 0.1) is 0 Å². The Bertz CT molecular complexity index is 742. The van der Waals surface area contributed by atoms with Gasteiger partial charge in [-0.05, 0) is 22.8 Å². The number of amides is 4. The Kier molecular flexibility index (Phi) is 2.97. The van der Waals surface area contributed by atoms with Crippen LogP contribution in [-0.4, -0.2) is 17.8 Å². The van der Waals surface area contributed by atoms with E-state index in [1.807, 2.05) is 36.4 Å². The van der Waals surface area contributed by atoms with Crippen molar-refractivity contribution in [2.75, 3.05) is 0 Å². The molecular formula is C16H14N2O3. The van der Waals surface area contributed by atoms with Gasteiger partial charge in [-0.15, -0.1) is 0 Å². The van der Waals surface area contributed by atoms with Gasteiger partial charge in [-0.25, -0.2) is 4.79 Å². The molecular weight excluding hydrogens is 268 g/mol. The van der Waals surface area contributed by atoms with E-state index in [1.54, 1.807) is 13.0 Å². The average Bonchev–Trinajstić information content (AvgIpc) is 2.47. The van der Waals surface area contributed by atoms with E-state index in [2.05, 4.69) is 10.6 Å². The van der Waals surface area contributed by atoms with Crippen LogP contribution in [0.1, 0.15) is 18.9 Å². The van der Waals surface area contributed by atoms with E-state index in [9.17, 15) is 14.4 Å². The van der Waals surface area contributed by atoms with Gasteiger partial charge < -0.3 is 0 Å². The molecule has 0 unspecified atom stereocenters. The Morgan fingerprint density at radius 2 is 1.52 bits per heavy atom. The van der Waals surface area contributed by atoms with Gasteiger partial charge in [0.15, 0.2) is 5.41 Å². The first kappa shape index (κ1) is 13.3. The lowest BCUT2D eigenvalue weighted by atomic mass is 9.73. The summed E-state index contributed by atoms with van der Waals surface area (Å²) in [6, 6.07) is 12.3. The Hall–Kier alpha value is -2.69. The zero-order chi connectivity index (χ0) is 15.0. The fourth-order valence-corrected chi connectivity index (χ4v) is 2.91. The van der Waals surface area contributed by atoms with Crippen LogP contribution in [0.25, 0.3) is 10.8 Å². The van der Waals surface area contributed by atoms with Crippen molar-refractivity contribution in [3.8, 4) is 0 Å². The number of urea groups is 1. The van der Waals surface area contributed by atoms with Crippen molar-refractivity contribution < 1.29 is 14.4 Å². The smallest absolute Gasteiger partial charge is 0.277 e. The summed E-state index contributed by atoms with van der Waals surface area (Å²) in [7, 11) is 0. The molecule has 106 valence electrons. The van der Waals surface area contributed by atoms with Gasteiger partial charge in [0.05, 0.1) is 0 Å². The summed E-state index contributed by atoms with van der Waals surface area (Å²) in [5, 5.41) is 6.19. The molecule has 1 heterocycles. The molecule has 0 aromatic heterocycles. The molecule has 0 spiro atoms. The molecule has 0 radical (unpaired) electrons. The lowest BCUT2D eigenvalue weighted by Crippen LogP contribution is -2.64.